The molecule has 1 aromatic rings. The Morgan fingerprint density at radius 1 is 1.32 bits per heavy atom. The quantitative estimate of drug-likeness (QED) is 0.741. The number of rotatable bonds is 3. The Morgan fingerprint density at radius 2 is 2.05 bits per heavy atom. The average molecular weight is 273 g/mol. The monoisotopic (exact) mass is 273 g/mol. The summed E-state index contributed by atoms with van der Waals surface area (Å²) in [4.78, 5) is 11.3. The number of carbonyl (C=O) groups is 1. The topological polar surface area (TPSA) is 67.2 Å². The zero-order valence-electron chi connectivity index (χ0n) is 10.1. The molecule has 0 unspecified atom stereocenters. The number of alkyl halides is 3. The van der Waals surface area contributed by atoms with Crippen LogP contribution in [0.3, 0.4) is 0 Å². The Labute approximate surface area is 108 Å². The second-order valence-corrected chi connectivity index (χ2v) is 4.44. The first-order valence-electron chi connectivity index (χ1n) is 5.88. The van der Waals surface area contributed by atoms with Gasteiger partial charge in [-0.3, -0.25) is 4.79 Å². The summed E-state index contributed by atoms with van der Waals surface area (Å²) in [5.74, 6) is -0.0986. The molecule has 1 amide bonds. The Balaban J connectivity index is 2.09. The fourth-order valence-corrected chi connectivity index (χ4v) is 1.94. The van der Waals surface area contributed by atoms with Crippen LogP contribution in [0.4, 0.5) is 30.2 Å². The Kier molecular flexibility index (Phi) is 3.55. The van der Waals surface area contributed by atoms with E-state index >= 15 is 0 Å². The first-order valence-corrected chi connectivity index (χ1v) is 5.88. The van der Waals surface area contributed by atoms with Crippen LogP contribution in [0.25, 0.3) is 0 Å². The van der Waals surface area contributed by atoms with Gasteiger partial charge in [-0.25, -0.2) is 0 Å². The van der Waals surface area contributed by atoms with Crippen LogP contribution in [-0.4, -0.2) is 18.6 Å². The lowest BCUT2D eigenvalue weighted by Gasteiger charge is -2.20. The third-order valence-corrected chi connectivity index (χ3v) is 2.89. The molecule has 1 aromatic carbocycles. The molecule has 0 atom stereocenters. The number of hydrogen-bond acceptors (Lipinski definition) is 3. The average Bonchev–Trinajstić information content (AvgIpc) is 2.29. The van der Waals surface area contributed by atoms with Crippen LogP contribution in [0.15, 0.2) is 12.1 Å². The molecule has 1 aliphatic heterocycles. The van der Waals surface area contributed by atoms with Crippen LogP contribution in [0.2, 0.25) is 0 Å². The van der Waals surface area contributed by atoms with Crippen molar-refractivity contribution in [1.82, 2.24) is 0 Å². The second-order valence-electron chi connectivity index (χ2n) is 4.44. The molecule has 19 heavy (non-hydrogen) atoms. The van der Waals surface area contributed by atoms with Gasteiger partial charge in [0.1, 0.15) is 0 Å². The van der Waals surface area contributed by atoms with E-state index < -0.39 is 12.6 Å². The van der Waals surface area contributed by atoms with E-state index in [0.717, 1.165) is 5.56 Å². The minimum absolute atomic E-state index is 0.0986. The number of halogens is 3. The second kappa shape index (κ2) is 4.99. The zero-order chi connectivity index (χ0) is 14.0. The Hall–Kier alpha value is -1.92. The maximum atomic E-state index is 12.1. The van der Waals surface area contributed by atoms with E-state index in [1.165, 1.54) is 0 Å². The molecule has 0 radical (unpaired) electrons. The van der Waals surface area contributed by atoms with Gasteiger partial charge in [-0.15, -0.1) is 0 Å². The molecule has 1 heterocycles. The summed E-state index contributed by atoms with van der Waals surface area (Å²) in [5, 5.41) is 5.32. The van der Waals surface area contributed by atoms with Gasteiger partial charge in [0.15, 0.2) is 0 Å². The molecule has 4 nitrogen and oxygen atoms in total. The van der Waals surface area contributed by atoms with Crippen molar-refractivity contribution in [3.05, 3.63) is 17.7 Å². The smallest absolute Gasteiger partial charge is 0.390 e. The molecule has 7 heteroatoms. The highest BCUT2D eigenvalue weighted by molar-refractivity contribution is 5.95. The number of amides is 1. The van der Waals surface area contributed by atoms with Crippen molar-refractivity contribution in [1.29, 1.82) is 0 Å². The maximum Gasteiger partial charge on any atom is 0.390 e. The van der Waals surface area contributed by atoms with Crippen molar-refractivity contribution in [2.24, 2.45) is 0 Å². The number of hydrogen-bond donors (Lipinski definition) is 3. The molecule has 0 aliphatic carbocycles. The van der Waals surface area contributed by atoms with Crippen LogP contribution in [0, 0.1) is 0 Å². The van der Waals surface area contributed by atoms with E-state index in [9.17, 15) is 18.0 Å². The lowest BCUT2D eigenvalue weighted by Crippen LogP contribution is -2.20. The lowest BCUT2D eigenvalue weighted by atomic mass is 10.0. The minimum atomic E-state index is -4.20. The summed E-state index contributed by atoms with van der Waals surface area (Å²) in [6.07, 6.45) is -4.15. The molecule has 104 valence electrons. The molecule has 0 saturated carbocycles. The van der Waals surface area contributed by atoms with E-state index in [2.05, 4.69) is 10.6 Å². The maximum absolute atomic E-state index is 12.1. The van der Waals surface area contributed by atoms with Crippen molar-refractivity contribution in [2.45, 2.75) is 25.4 Å². The summed E-state index contributed by atoms with van der Waals surface area (Å²) in [6.45, 7) is -0.250. The third kappa shape index (κ3) is 3.52. The molecule has 1 aliphatic rings. The number of nitrogens with two attached hydrogens (primary N) is 1. The standard InChI is InChI=1S/C12H14F3N3O/c13-12(14,15)3-4-17-10-6-9-7(5-8(10)16)1-2-11(19)18-9/h5-6,17H,1-4,16H2,(H,18,19). The number of fused-ring (bicyclic) bond motifs is 1. The predicted molar refractivity (Wildman–Crippen MR) is 67.0 cm³/mol. The van der Waals surface area contributed by atoms with Crippen molar-refractivity contribution in [3.8, 4) is 0 Å². The normalized spacial score (nSPS) is 14.8. The number of nitrogen functional groups attached to an aromatic ring is 1. The first kappa shape index (κ1) is 13.5. The van der Waals surface area contributed by atoms with E-state index in [1.54, 1.807) is 12.1 Å². The SMILES string of the molecule is Nc1cc2c(cc1NCCC(F)(F)F)NC(=O)CC2. The number of aryl methyl sites for hydroxylation is 1. The van der Waals surface area contributed by atoms with Crippen LogP contribution in [0.5, 0.6) is 0 Å². The molecule has 0 aromatic heterocycles. The van der Waals surface area contributed by atoms with Crippen LogP contribution in [-0.2, 0) is 11.2 Å². The zero-order valence-corrected chi connectivity index (χ0v) is 10.1. The van der Waals surface area contributed by atoms with Crippen molar-refractivity contribution in [3.63, 3.8) is 0 Å². The van der Waals surface area contributed by atoms with Gasteiger partial charge in [0.05, 0.1) is 17.8 Å². The molecular formula is C12H14F3N3O. The lowest BCUT2D eigenvalue weighted by molar-refractivity contribution is -0.131. The summed E-state index contributed by atoms with van der Waals surface area (Å²) < 4.78 is 36.2. The number of carbonyl (C=O) groups excluding carboxylic acids is 1. The summed E-state index contributed by atoms with van der Waals surface area (Å²) in [6, 6.07) is 3.27. The van der Waals surface area contributed by atoms with Gasteiger partial charge in [-0.1, -0.05) is 0 Å². The van der Waals surface area contributed by atoms with E-state index in [4.69, 9.17) is 5.73 Å². The number of anilines is 3. The van der Waals surface area contributed by atoms with Crippen molar-refractivity contribution in [2.75, 3.05) is 22.9 Å². The molecule has 4 N–H and O–H groups in total. The van der Waals surface area contributed by atoms with Gasteiger partial charge in [0, 0.05) is 18.7 Å². The van der Waals surface area contributed by atoms with Gasteiger partial charge in [0.2, 0.25) is 5.91 Å². The van der Waals surface area contributed by atoms with Crippen LogP contribution in [0.1, 0.15) is 18.4 Å². The minimum Gasteiger partial charge on any atom is -0.397 e. The molecule has 0 fully saturated rings. The van der Waals surface area contributed by atoms with Crippen molar-refractivity contribution < 1.29 is 18.0 Å². The van der Waals surface area contributed by atoms with Crippen molar-refractivity contribution >= 4 is 23.0 Å². The summed E-state index contributed by atoms with van der Waals surface area (Å²) in [7, 11) is 0. The Bertz CT molecular complexity index is 500. The number of benzene rings is 1. The van der Waals surface area contributed by atoms with Crippen LogP contribution < -0.4 is 16.4 Å². The first-order chi connectivity index (χ1) is 8.85. The Morgan fingerprint density at radius 3 is 2.74 bits per heavy atom. The summed E-state index contributed by atoms with van der Waals surface area (Å²) >= 11 is 0. The van der Waals surface area contributed by atoms with E-state index in [-0.39, 0.29) is 12.5 Å². The van der Waals surface area contributed by atoms with Gasteiger partial charge >= 0.3 is 6.18 Å². The fraction of sp³-hybridized carbons (Fsp3) is 0.417. The van der Waals surface area contributed by atoms with E-state index in [1.807, 2.05) is 0 Å². The molecular weight excluding hydrogens is 259 g/mol. The van der Waals surface area contributed by atoms with Gasteiger partial charge in [-0.2, -0.15) is 13.2 Å². The van der Waals surface area contributed by atoms with E-state index in [0.29, 0.717) is 29.9 Å². The number of nitrogens with one attached hydrogen (secondary N) is 2. The van der Waals surface area contributed by atoms with Gasteiger partial charge in [0.25, 0.3) is 0 Å². The molecule has 2 rings (SSSR count). The molecule has 0 saturated heterocycles. The molecule has 0 bridgehead atoms. The van der Waals surface area contributed by atoms with Crippen LogP contribution >= 0.6 is 0 Å². The molecule has 0 spiro atoms. The third-order valence-electron chi connectivity index (χ3n) is 2.89. The fourth-order valence-electron chi connectivity index (χ4n) is 1.94. The summed E-state index contributed by atoms with van der Waals surface area (Å²) in [5.41, 5.74) is 8.08. The largest absolute Gasteiger partial charge is 0.397 e. The van der Waals surface area contributed by atoms with Gasteiger partial charge < -0.3 is 16.4 Å². The highest BCUT2D eigenvalue weighted by Gasteiger charge is 2.26. The highest BCUT2D eigenvalue weighted by atomic mass is 19.4. The highest BCUT2D eigenvalue weighted by Crippen LogP contribution is 2.31. The predicted octanol–water partition coefficient (Wildman–Crippen LogP) is 2.52. The van der Waals surface area contributed by atoms with Gasteiger partial charge in [-0.05, 0) is 24.1 Å².